The van der Waals surface area contributed by atoms with E-state index in [0.717, 1.165) is 33.3 Å². The predicted molar refractivity (Wildman–Crippen MR) is 133 cm³/mol. The Balaban J connectivity index is 1.48. The van der Waals surface area contributed by atoms with Crippen LogP contribution in [0.5, 0.6) is 0 Å². The quantitative estimate of drug-likeness (QED) is 0.336. The van der Waals surface area contributed by atoms with E-state index in [9.17, 15) is 9.59 Å². The summed E-state index contributed by atoms with van der Waals surface area (Å²) in [7, 11) is 0. The SMILES string of the molecule is O=C(O)CCC/C=C(/c1cccnc1)c1cccc(NC(=O)C2CC2c2ccc(Br)cc2)c1. The minimum Gasteiger partial charge on any atom is -0.481 e. The fourth-order valence-corrected chi connectivity index (χ4v) is 4.25. The number of carbonyl (C=O) groups excluding carboxylic acids is 1. The van der Waals surface area contributed by atoms with Crippen molar-refractivity contribution in [2.75, 3.05) is 5.32 Å². The summed E-state index contributed by atoms with van der Waals surface area (Å²) in [6.07, 6.45) is 7.76. The van der Waals surface area contributed by atoms with Crippen molar-refractivity contribution in [3.63, 3.8) is 0 Å². The second-order valence-corrected chi connectivity index (χ2v) is 9.13. The van der Waals surface area contributed by atoms with E-state index in [1.807, 2.05) is 54.6 Å². The number of pyridine rings is 1. The van der Waals surface area contributed by atoms with E-state index in [1.165, 1.54) is 5.56 Å². The molecule has 1 saturated carbocycles. The van der Waals surface area contributed by atoms with E-state index in [1.54, 1.807) is 12.4 Å². The summed E-state index contributed by atoms with van der Waals surface area (Å²) in [5.74, 6) is -0.508. The first kappa shape index (κ1) is 22.9. The van der Waals surface area contributed by atoms with E-state index in [-0.39, 0.29) is 24.2 Å². The number of hydrogen-bond acceptors (Lipinski definition) is 3. The molecule has 1 aromatic heterocycles. The summed E-state index contributed by atoms with van der Waals surface area (Å²) < 4.78 is 1.03. The molecule has 0 radical (unpaired) electrons. The third-order valence-electron chi connectivity index (χ3n) is 5.78. The lowest BCUT2D eigenvalue weighted by atomic mass is 9.97. The summed E-state index contributed by atoms with van der Waals surface area (Å²) in [6.45, 7) is 0. The molecule has 3 aromatic rings. The second kappa shape index (κ2) is 10.6. The van der Waals surface area contributed by atoms with Crippen LogP contribution in [-0.4, -0.2) is 22.0 Å². The molecule has 1 heterocycles. The first-order chi connectivity index (χ1) is 16.0. The Labute approximate surface area is 201 Å². The van der Waals surface area contributed by atoms with Crippen LogP contribution in [0.3, 0.4) is 0 Å². The Morgan fingerprint density at radius 3 is 2.61 bits per heavy atom. The van der Waals surface area contributed by atoms with Crippen LogP contribution in [0.4, 0.5) is 5.69 Å². The van der Waals surface area contributed by atoms with E-state index < -0.39 is 5.97 Å². The monoisotopic (exact) mass is 504 g/mol. The van der Waals surface area contributed by atoms with Crippen molar-refractivity contribution in [3.05, 3.63) is 100 Å². The van der Waals surface area contributed by atoms with Crippen LogP contribution < -0.4 is 5.32 Å². The number of nitrogens with one attached hydrogen (secondary N) is 1. The van der Waals surface area contributed by atoms with Crippen LogP contribution in [0.1, 0.15) is 48.3 Å². The Morgan fingerprint density at radius 1 is 1.09 bits per heavy atom. The van der Waals surface area contributed by atoms with E-state index >= 15 is 0 Å². The number of carbonyl (C=O) groups is 2. The minimum absolute atomic E-state index is 0.0146. The van der Waals surface area contributed by atoms with Gasteiger partial charge in [0.05, 0.1) is 0 Å². The van der Waals surface area contributed by atoms with Crippen molar-refractivity contribution in [1.29, 1.82) is 0 Å². The number of benzene rings is 2. The smallest absolute Gasteiger partial charge is 0.303 e. The van der Waals surface area contributed by atoms with Gasteiger partial charge in [-0.15, -0.1) is 0 Å². The molecule has 2 N–H and O–H groups in total. The number of aliphatic carboxylic acids is 1. The number of aromatic nitrogens is 1. The van der Waals surface area contributed by atoms with Gasteiger partial charge < -0.3 is 10.4 Å². The second-order valence-electron chi connectivity index (χ2n) is 8.22. The molecule has 1 aliphatic carbocycles. The molecule has 2 unspecified atom stereocenters. The van der Waals surface area contributed by atoms with Crippen LogP contribution in [-0.2, 0) is 9.59 Å². The lowest BCUT2D eigenvalue weighted by Gasteiger charge is -2.11. The number of unbranched alkanes of at least 4 members (excludes halogenated alkanes) is 1. The van der Waals surface area contributed by atoms with Crippen LogP contribution in [0.2, 0.25) is 0 Å². The molecule has 2 aromatic carbocycles. The zero-order valence-electron chi connectivity index (χ0n) is 18.1. The molecule has 0 aliphatic heterocycles. The van der Waals surface area contributed by atoms with Crippen LogP contribution in [0.15, 0.2) is 83.6 Å². The molecule has 1 aliphatic rings. The summed E-state index contributed by atoms with van der Waals surface area (Å²) in [4.78, 5) is 27.9. The first-order valence-corrected chi connectivity index (χ1v) is 11.8. The summed E-state index contributed by atoms with van der Waals surface area (Å²) in [6, 6.07) is 19.8. The molecular weight excluding hydrogens is 480 g/mol. The lowest BCUT2D eigenvalue weighted by Crippen LogP contribution is -2.14. The maximum absolute atomic E-state index is 12.9. The van der Waals surface area contributed by atoms with Crippen LogP contribution >= 0.6 is 15.9 Å². The fraction of sp³-hybridized carbons (Fsp3) is 0.222. The van der Waals surface area contributed by atoms with Gasteiger partial charge in [-0.1, -0.05) is 52.3 Å². The van der Waals surface area contributed by atoms with Gasteiger partial charge in [0.1, 0.15) is 0 Å². The average Bonchev–Trinajstić information content (AvgIpc) is 3.61. The molecule has 0 spiro atoms. The molecule has 1 amide bonds. The predicted octanol–water partition coefficient (Wildman–Crippen LogP) is 6.27. The lowest BCUT2D eigenvalue weighted by molar-refractivity contribution is -0.137. The number of nitrogens with zero attached hydrogens (tertiary/aromatic N) is 1. The third kappa shape index (κ3) is 6.17. The molecule has 33 heavy (non-hydrogen) atoms. The Hall–Kier alpha value is -3.25. The average molecular weight is 505 g/mol. The number of carboxylic acids is 1. The maximum atomic E-state index is 12.9. The zero-order chi connectivity index (χ0) is 23.2. The molecular formula is C27H25BrN2O3. The largest absolute Gasteiger partial charge is 0.481 e. The number of hydrogen-bond donors (Lipinski definition) is 2. The van der Waals surface area contributed by atoms with Gasteiger partial charge >= 0.3 is 5.97 Å². The summed E-state index contributed by atoms with van der Waals surface area (Å²) in [5, 5.41) is 12.0. The van der Waals surface area contributed by atoms with Crippen molar-refractivity contribution >= 4 is 39.1 Å². The van der Waals surface area contributed by atoms with Gasteiger partial charge in [-0.05, 0) is 72.2 Å². The topological polar surface area (TPSA) is 79.3 Å². The van der Waals surface area contributed by atoms with Gasteiger partial charge in [-0.3, -0.25) is 14.6 Å². The van der Waals surface area contributed by atoms with Crippen molar-refractivity contribution < 1.29 is 14.7 Å². The number of rotatable bonds is 9. The number of halogens is 1. The van der Waals surface area contributed by atoms with Crippen molar-refractivity contribution in [3.8, 4) is 0 Å². The molecule has 168 valence electrons. The molecule has 4 rings (SSSR count). The number of anilines is 1. The van der Waals surface area contributed by atoms with Gasteiger partial charge in [-0.25, -0.2) is 0 Å². The molecule has 0 bridgehead atoms. The Bertz CT molecular complexity index is 1160. The molecule has 2 atom stereocenters. The van der Waals surface area contributed by atoms with Gasteiger partial charge in [-0.2, -0.15) is 0 Å². The Kier molecular flexibility index (Phi) is 7.35. The fourth-order valence-electron chi connectivity index (χ4n) is 3.99. The van der Waals surface area contributed by atoms with Crippen molar-refractivity contribution in [2.45, 2.75) is 31.6 Å². The first-order valence-electron chi connectivity index (χ1n) is 11.0. The summed E-state index contributed by atoms with van der Waals surface area (Å²) in [5.41, 5.74) is 4.82. The van der Waals surface area contributed by atoms with E-state index in [2.05, 4.69) is 38.4 Å². The van der Waals surface area contributed by atoms with Crippen molar-refractivity contribution in [2.24, 2.45) is 5.92 Å². The van der Waals surface area contributed by atoms with E-state index in [0.29, 0.717) is 12.8 Å². The van der Waals surface area contributed by atoms with Crippen molar-refractivity contribution in [1.82, 2.24) is 4.98 Å². The Morgan fingerprint density at radius 2 is 1.88 bits per heavy atom. The standard InChI is InChI=1S/C27H25BrN2O3/c28-21-12-10-18(11-13-21)24-16-25(24)27(33)30-22-7-3-5-19(15-22)23(8-1-2-9-26(31)32)20-6-4-14-29-17-20/h3-8,10-15,17,24-25H,1-2,9,16H2,(H,30,33)(H,31,32)/b23-8+. The van der Waals surface area contributed by atoms with E-state index in [4.69, 9.17) is 5.11 Å². The highest BCUT2D eigenvalue weighted by Crippen LogP contribution is 2.48. The minimum atomic E-state index is -0.794. The molecule has 6 heteroatoms. The highest BCUT2D eigenvalue weighted by atomic mass is 79.9. The van der Waals surface area contributed by atoms with Gasteiger partial charge in [0, 0.05) is 40.5 Å². The molecule has 0 saturated heterocycles. The van der Waals surface area contributed by atoms with Gasteiger partial charge in [0.2, 0.25) is 5.91 Å². The highest BCUT2D eigenvalue weighted by Gasteiger charge is 2.43. The highest BCUT2D eigenvalue weighted by molar-refractivity contribution is 9.10. The number of amides is 1. The molecule has 1 fully saturated rings. The zero-order valence-corrected chi connectivity index (χ0v) is 19.7. The van der Waals surface area contributed by atoms with Crippen LogP contribution in [0, 0.1) is 5.92 Å². The third-order valence-corrected chi connectivity index (χ3v) is 6.31. The number of carboxylic acid groups (broad SMARTS) is 1. The van der Waals surface area contributed by atoms with Gasteiger partial charge in [0.25, 0.3) is 0 Å². The number of allylic oxidation sites excluding steroid dienone is 1. The summed E-state index contributed by atoms with van der Waals surface area (Å²) >= 11 is 3.45. The van der Waals surface area contributed by atoms with Crippen LogP contribution in [0.25, 0.3) is 5.57 Å². The normalized spacial score (nSPS) is 17.4. The molecule has 5 nitrogen and oxygen atoms in total. The maximum Gasteiger partial charge on any atom is 0.303 e. The van der Waals surface area contributed by atoms with Gasteiger partial charge in [0.15, 0.2) is 0 Å².